The molecule has 0 bridgehead atoms. The maximum atomic E-state index is 11.3. The van der Waals surface area contributed by atoms with Gasteiger partial charge in [0.25, 0.3) is 0 Å². The number of nitrogens with zero attached hydrogens (tertiary/aromatic N) is 3. The molecule has 0 aromatic rings. The summed E-state index contributed by atoms with van der Waals surface area (Å²) in [7, 11) is 0. The molecule has 0 spiro atoms. The summed E-state index contributed by atoms with van der Waals surface area (Å²) in [5.74, 6) is 0.767. The lowest BCUT2D eigenvalue weighted by atomic mass is 10.1. The van der Waals surface area contributed by atoms with Gasteiger partial charge in [-0.15, -0.1) is 24.0 Å². The van der Waals surface area contributed by atoms with Gasteiger partial charge in [-0.1, -0.05) is 25.7 Å². The molecule has 3 N–H and O–H groups in total. The van der Waals surface area contributed by atoms with Gasteiger partial charge in [-0.05, 0) is 12.8 Å². The summed E-state index contributed by atoms with van der Waals surface area (Å²) >= 11 is 0. The number of rotatable bonds is 4. The number of piperazine rings is 1. The topological polar surface area (TPSA) is 74.0 Å². The Kier molecular flexibility index (Phi) is 9.85. The summed E-state index contributed by atoms with van der Waals surface area (Å²) in [5.41, 5.74) is 6.00. The summed E-state index contributed by atoms with van der Waals surface area (Å²) < 4.78 is 0. The number of guanidine groups is 1. The van der Waals surface area contributed by atoms with Gasteiger partial charge in [-0.3, -0.25) is 14.7 Å². The third-order valence-electron chi connectivity index (χ3n) is 4.72. The third-order valence-corrected chi connectivity index (χ3v) is 4.72. The predicted molar refractivity (Wildman–Crippen MR) is 105 cm³/mol. The monoisotopic (exact) mass is 437 g/mol. The molecule has 2 rings (SSSR count). The Balaban J connectivity index is 0.00000264. The zero-order valence-electron chi connectivity index (χ0n) is 14.3. The molecule has 1 amide bonds. The molecule has 7 heteroatoms. The van der Waals surface area contributed by atoms with Gasteiger partial charge >= 0.3 is 0 Å². The smallest absolute Gasteiger partial charge is 0.219 e. The Morgan fingerprint density at radius 3 is 2.30 bits per heavy atom. The number of hydrogen-bond donors (Lipinski definition) is 2. The van der Waals surface area contributed by atoms with Crippen LogP contribution in [0.25, 0.3) is 0 Å². The zero-order valence-corrected chi connectivity index (χ0v) is 16.6. The fourth-order valence-corrected chi connectivity index (χ4v) is 3.28. The maximum absolute atomic E-state index is 11.3. The first-order valence-corrected chi connectivity index (χ1v) is 8.69. The fraction of sp³-hybridized carbons (Fsp3) is 0.875. The van der Waals surface area contributed by atoms with E-state index in [0.29, 0.717) is 12.0 Å². The summed E-state index contributed by atoms with van der Waals surface area (Å²) in [5, 5.41) is 3.37. The summed E-state index contributed by atoms with van der Waals surface area (Å²) in [6.45, 7) is 6.81. The van der Waals surface area contributed by atoms with Crippen molar-refractivity contribution < 1.29 is 4.79 Å². The Labute approximate surface area is 157 Å². The van der Waals surface area contributed by atoms with Crippen molar-refractivity contribution in [1.82, 2.24) is 15.1 Å². The quantitative estimate of drug-likeness (QED) is 0.302. The summed E-state index contributed by atoms with van der Waals surface area (Å²) in [6, 6.07) is 0.505. The van der Waals surface area contributed by atoms with Crippen LogP contribution in [0.5, 0.6) is 0 Å². The lowest BCUT2D eigenvalue weighted by molar-refractivity contribution is -0.130. The standard InChI is InChI=1S/C16H31N5O.HI/c1-14(22)21-12-10-20(11-13-21)9-8-18-16(17)19-15-6-4-2-3-5-7-15;/h15H,2-13H2,1H3,(H3,17,18,19);1H. The molecule has 0 atom stereocenters. The normalized spacial score (nSPS) is 21.4. The summed E-state index contributed by atoms with van der Waals surface area (Å²) in [4.78, 5) is 20.0. The molecule has 0 aromatic heterocycles. The predicted octanol–water partition coefficient (Wildman–Crippen LogP) is 1.40. The Hall–Kier alpha value is -0.570. The van der Waals surface area contributed by atoms with E-state index >= 15 is 0 Å². The number of carbonyl (C=O) groups excluding carboxylic acids is 1. The zero-order chi connectivity index (χ0) is 15.8. The van der Waals surface area contributed by atoms with E-state index < -0.39 is 0 Å². The number of aliphatic imine (C=N–C) groups is 1. The number of nitrogens with one attached hydrogen (secondary N) is 1. The van der Waals surface area contributed by atoms with E-state index in [4.69, 9.17) is 5.73 Å². The van der Waals surface area contributed by atoms with Crippen LogP contribution in [0.15, 0.2) is 4.99 Å². The van der Waals surface area contributed by atoms with E-state index in [1.165, 1.54) is 38.5 Å². The minimum absolute atomic E-state index is 0. The molecule has 134 valence electrons. The highest BCUT2D eigenvalue weighted by atomic mass is 127. The van der Waals surface area contributed by atoms with Gasteiger partial charge in [0, 0.05) is 45.7 Å². The van der Waals surface area contributed by atoms with E-state index in [1.807, 2.05) is 4.90 Å². The molecule has 0 aromatic carbocycles. The SMILES string of the molecule is CC(=O)N1CCN(CCN=C(N)NC2CCCCCC2)CC1.I. The van der Waals surface area contributed by atoms with Gasteiger partial charge in [0.1, 0.15) is 0 Å². The Bertz CT molecular complexity index is 375. The van der Waals surface area contributed by atoms with E-state index in [9.17, 15) is 4.79 Å². The average Bonchev–Trinajstić information content (AvgIpc) is 2.76. The van der Waals surface area contributed by atoms with Crippen molar-refractivity contribution in [2.75, 3.05) is 39.3 Å². The molecular formula is C16H32IN5O. The number of amides is 1. The van der Waals surface area contributed by atoms with E-state index in [2.05, 4.69) is 15.2 Å². The maximum Gasteiger partial charge on any atom is 0.219 e. The second kappa shape index (κ2) is 11.1. The third kappa shape index (κ3) is 7.69. The summed E-state index contributed by atoms with van der Waals surface area (Å²) in [6.07, 6.45) is 7.71. The molecule has 23 heavy (non-hydrogen) atoms. The molecule has 2 fully saturated rings. The van der Waals surface area contributed by atoms with Crippen LogP contribution >= 0.6 is 24.0 Å². The lowest BCUT2D eigenvalue weighted by Gasteiger charge is -2.33. The van der Waals surface area contributed by atoms with E-state index in [1.54, 1.807) is 6.92 Å². The molecule has 1 aliphatic carbocycles. The van der Waals surface area contributed by atoms with Crippen molar-refractivity contribution in [1.29, 1.82) is 0 Å². The van der Waals surface area contributed by atoms with Crippen LogP contribution < -0.4 is 11.1 Å². The van der Waals surface area contributed by atoms with Gasteiger partial charge in [0.2, 0.25) is 5.91 Å². The fourth-order valence-electron chi connectivity index (χ4n) is 3.28. The molecular weight excluding hydrogens is 405 g/mol. The molecule has 1 saturated carbocycles. The van der Waals surface area contributed by atoms with Gasteiger partial charge in [0.05, 0.1) is 6.54 Å². The average molecular weight is 437 g/mol. The molecule has 0 radical (unpaired) electrons. The van der Waals surface area contributed by atoms with Crippen molar-refractivity contribution in [2.45, 2.75) is 51.5 Å². The molecule has 0 unspecified atom stereocenters. The number of carbonyl (C=O) groups is 1. The van der Waals surface area contributed by atoms with Crippen LogP contribution in [-0.2, 0) is 4.79 Å². The highest BCUT2D eigenvalue weighted by Gasteiger charge is 2.18. The van der Waals surface area contributed by atoms with Crippen molar-refractivity contribution in [2.24, 2.45) is 10.7 Å². The largest absolute Gasteiger partial charge is 0.370 e. The number of nitrogens with two attached hydrogens (primary N) is 1. The first-order valence-electron chi connectivity index (χ1n) is 8.69. The molecule has 6 nitrogen and oxygen atoms in total. The van der Waals surface area contributed by atoms with Crippen molar-refractivity contribution in [3.63, 3.8) is 0 Å². The molecule has 1 aliphatic heterocycles. The van der Waals surface area contributed by atoms with Crippen LogP contribution in [0.1, 0.15) is 45.4 Å². The number of halogens is 1. The van der Waals surface area contributed by atoms with Crippen molar-refractivity contribution in [3.05, 3.63) is 0 Å². The minimum Gasteiger partial charge on any atom is -0.370 e. The van der Waals surface area contributed by atoms with Gasteiger partial charge < -0.3 is 16.0 Å². The number of hydrogen-bond acceptors (Lipinski definition) is 3. The Morgan fingerprint density at radius 1 is 1.13 bits per heavy atom. The molecule has 1 heterocycles. The van der Waals surface area contributed by atoms with Crippen molar-refractivity contribution >= 4 is 35.8 Å². The second-order valence-electron chi connectivity index (χ2n) is 6.45. The van der Waals surface area contributed by atoms with Gasteiger partial charge in [-0.25, -0.2) is 0 Å². The van der Waals surface area contributed by atoms with Crippen LogP contribution in [-0.4, -0.2) is 67.0 Å². The van der Waals surface area contributed by atoms with Crippen LogP contribution in [0.2, 0.25) is 0 Å². The highest BCUT2D eigenvalue weighted by molar-refractivity contribution is 14.0. The first-order chi connectivity index (χ1) is 10.6. The van der Waals surface area contributed by atoms with Crippen molar-refractivity contribution in [3.8, 4) is 0 Å². The first kappa shape index (κ1) is 20.5. The van der Waals surface area contributed by atoms with Gasteiger partial charge in [-0.2, -0.15) is 0 Å². The van der Waals surface area contributed by atoms with E-state index in [0.717, 1.165) is 39.3 Å². The second-order valence-corrected chi connectivity index (χ2v) is 6.45. The van der Waals surface area contributed by atoms with E-state index in [-0.39, 0.29) is 29.9 Å². The van der Waals surface area contributed by atoms with Crippen LogP contribution in [0.3, 0.4) is 0 Å². The highest BCUT2D eigenvalue weighted by Crippen LogP contribution is 2.16. The Morgan fingerprint density at radius 2 is 1.74 bits per heavy atom. The van der Waals surface area contributed by atoms with Crippen LogP contribution in [0.4, 0.5) is 0 Å². The molecule has 1 saturated heterocycles. The van der Waals surface area contributed by atoms with Crippen LogP contribution in [0, 0.1) is 0 Å². The minimum atomic E-state index is 0. The lowest BCUT2D eigenvalue weighted by Crippen LogP contribution is -2.48. The van der Waals surface area contributed by atoms with Gasteiger partial charge in [0.15, 0.2) is 5.96 Å². The molecule has 2 aliphatic rings.